The van der Waals surface area contributed by atoms with Gasteiger partial charge in [-0.25, -0.2) is 9.18 Å². The molecule has 2 aromatic carbocycles. The summed E-state index contributed by atoms with van der Waals surface area (Å²) in [5.41, 5.74) is 1.55. The second kappa shape index (κ2) is 7.37. The highest BCUT2D eigenvalue weighted by atomic mass is 79.9. The summed E-state index contributed by atoms with van der Waals surface area (Å²) in [7, 11) is 0. The van der Waals surface area contributed by atoms with E-state index >= 15 is 0 Å². The standard InChI is InChI=1S/C17H11Br2FN2O3/c18-12-5-10(7-14-16(23)22-17(24)21-14)6-13(19)15(12)25-8-9-2-1-3-11(20)4-9/h1-7H,8H2,(H2,21,22,23,24)/b14-7-. The second-order valence-corrected chi connectivity index (χ2v) is 6.91. The summed E-state index contributed by atoms with van der Waals surface area (Å²) in [4.78, 5) is 22.7. The van der Waals surface area contributed by atoms with E-state index in [-0.39, 0.29) is 18.1 Å². The van der Waals surface area contributed by atoms with Crippen molar-refractivity contribution >= 4 is 49.9 Å². The third-order valence-electron chi connectivity index (χ3n) is 3.32. The summed E-state index contributed by atoms with van der Waals surface area (Å²) in [5.74, 6) is -0.256. The molecule has 2 N–H and O–H groups in total. The maximum absolute atomic E-state index is 13.2. The smallest absolute Gasteiger partial charge is 0.326 e. The predicted molar refractivity (Wildman–Crippen MR) is 97.2 cm³/mol. The minimum Gasteiger partial charge on any atom is -0.487 e. The number of ether oxygens (including phenoxy) is 1. The predicted octanol–water partition coefficient (Wildman–Crippen LogP) is 4.11. The molecule has 1 aliphatic rings. The number of amides is 3. The number of benzene rings is 2. The van der Waals surface area contributed by atoms with Crippen LogP contribution in [-0.2, 0) is 11.4 Å². The van der Waals surface area contributed by atoms with Crippen LogP contribution in [0, 0.1) is 5.82 Å². The molecule has 0 spiro atoms. The van der Waals surface area contributed by atoms with E-state index in [9.17, 15) is 14.0 Å². The van der Waals surface area contributed by atoms with Gasteiger partial charge >= 0.3 is 6.03 Å². The highest BCUT2D eigenvalue weighted by molar-refractivity contribution is 9.11. The fourth-order valence-corrected chi connectivity index (χ4v) is 3.68. The number of rotatable bonds is 4. The number of hydrogen-bond acceptors (Lipinski definition) is 3. The van der Waals surface area contributed by atoms with E-state index in [0.29, 0.717) is 25.8 Å². The Labute approximate surface area is 159 Å². The van der Waals surface area contributed by atoms with Crippen LogP contribution in [0.1, 0.15) is 11.1 Å². The molecule has 25 heavy (non-hydrogen) atoms. The Morgan fingerprint density at radius 2 is 1.80 bits per heavy atom. The van der Waals surface area contributed by atoms with E-state index in [0.717, 1.165) is 0 Å². The maximum atomic E-state index is 13.2. The lowest BCUT2D eigenvalue weighted by atomic mass is 10.2. The van der Waals surface area contributed by atoms with Gasteiger partial charge in [0.25, 0.3) is 5.91 Å². The van der Waals surface area contributed by atoms with Gasteiger partial charge in [0, 0.05) is 0 Å². The molecule has 1 fully saturated rings. The second-order valence-electron chi connectivity index (χ2n) is 5.20. The van der Waals surface area contributed by atoms with Gasteiger partial charge in [-0.05, 0) is 73.3 Å². The molecule has 0 radical (unpaired) electrons. The quantitative estimate of drug-likeness (QED) is 0.523. The van der Waals surface area contributed by atoms with Gasteiger partial charge in [0.1, 0.15) is 23.9 Å². The van der Waals surface area contributed by atoms with Crippen LogP contribution in [0.15, 0.2) is 51.0 Å². The number of imide groups is 1. The SMILES string of the molecule is O=C1NC(=O)/C(=C/c2cc(Br)c(OCc3cccc(F)c3)c(Br)c2)N1. The van der Waals surface area contributed by atoms with Gasteiger partial charge in [-0.3, -0.25) is 10.1 Å². The van der Waals surface area contributed by atoms with Crippen molar-refractivity contribution in [1.82, 2.24) is 10.6 Å². The number of nitrogens with one attached hydrogen (secondary N) is 2. The Bertz CT molecular complexity index is 876. The summed E-state index contributed by atoms with van der Waals surface area (Å²) in [6.07, 6.45) is 1.55. The zero-order valence-electron chi connectivity index (χ0n) is 12.6. The number of carbonyl (C=O) groups is 2. The lowest BCUT2D eigenvalue weighted by Crippen LogP contribution is -2.22. The van der Waals surface area contributed by atoms with Crippen LogP contribution < -0.4 is 15.4 Å². The van der Waals surface area contributed by atoms with Crippen molar-refractivity contribution in [1.29, 1.82) is 0 Å². The van der Waals surface area contributed by atoms with Crippen LogP contribution in [0.5, 0.6) is 5.75 Å². The first-order valence-corrected chi connectivity index (χ1v) is 8.71. The first-order chi connectivity index (χ1) is 11.9. The molecule has 5 nitrogen and oxygen atoms in total. The molecule has 2 aromatic rings. The number of halogens is 3. The first-order valence-electron chi connectivity index (χ1n) is 7.12. The summed E-state index contributed by atoms with van der Waals surface area (Å²) < 4.78 is 20.3. The summed E-state index contributed by atoms with van der Waals surface area (Å²) in [6, 6.07) is 9.11. The van der Waals surface area contributed by atoms with Crippen molar-refractivity contribution in [3.8, 4) is 5.75 Å². The average molecular weight is 470 g/mol. The number of urea groups is 1. The molecule has 1 heterocycles. The van der Waals surface area contributed by atoms with Crippen molar-refractivity contribution in [2.24, 2.45) is 0 Å². The van der Waals surface area contributed by atoms with Gasteiger partial charge < -0.3 is 10.1 Å². The third-order valence-corrected chi connectivity index (χ3v) is 4.50. The molecule has 0 aromatic heterocycles. The van der Waals surface area contributed by atoms with Crippen molar-refractivity contribution in [2.75, 3.05) is 0 Å². The Morgan fingerprint density at radius 1 is 1.08 bits per heavy atom. The van der Waals surface area contributed by atoms with Crippen molar-refractivity contribution in [3.05, 3.63) is 68.0 Å². The van der Waals surface area contributed by atoms with E-state index in [2.05, 4.69) is 42.5 Å². The Kier molecular flexibility index (Phi) is 5.19. The molecule has 0 atom stereocenters. The molecule has 0 unspecified atom stereocenters. The molecule has 0 bridgehead atoms. The number of hydrogen-bond donors (Lipinski definition) is 2. The lowest BCUT2D eigenvalue weighted by molar-refractivity contribution is -0.115. The molecular formula is C17H11Br2FN2O3. The van der Waals surface area contributed by atoms with Crippen molar-refractivity contribution in [3.63, 3.8) is 0 Å². The van der Waals surface area contributed by atoms with Crippen LogP contribution in [0.25, 0.3) is 6.08 Å². The van der Waals surface area contributed by atoms with Crippen LogP contribution in [-0.4, -0.2) is 11.9 Å². The molecular weight excluding hydrogens is 459 g/mol. The molecule has 0 aliphatic carbocycles. The normalized spacial score (nSPS) is 15.2. The zero-order chi connectivity index (χ0) is 18.0. The average Bonchev–Trinajstić information content (AvgIpc) is 2.84. The van der Waals surface area contributed by atoms with Crippen molar-refractivity contribution < 1.29 is 18.7 Å². The molecule has 3 amide bonds. The van der Waals surface area contributed by atoms with Gasteiger partial charge in [-0.15, -0.1) is 0 Å². The third kappa shape index (κ3) is 4.26. The van der Waals surface area contributed by atoms with Gasteiger partial charge in [0.2, 0.25) is 0 Å². The Hall–Kier alpha value is -2.19. The van der Waals surface area contributed by atoms with E-state index < -0.39 is 11.9 Å². The van der Waals surface area contributed by atoms with Crippen LogP contribution in [0.2, 0.25) is 0 Å². The largest absolute Gasteiger partial charge is 0.487 e. The summed E-state index contributed by atoms with van der Waals surface area (Å²) in [5, 5.41) is 4.56. The first kappa shape index (κ1) is 17.6. The molecule has 1 aliphatic heterocycles. The van der Waals surface area contributed by atoms with Gasteiger partial charge in [0.05, 0.1) is 8.95 Å². The minimum absolute atomic E-state index is 0.164. The molecule has 0 saturated carbocycles. The van der Waals surface area contributed by atoms with Crippen LogP contribution in [0.3, 0.4) is 0 Å². The topological polar surface area (TPSA) is 67.4 Å². The minimum atomic E-state index is -0.551. The lowest BCUT2D eigenvalue weighted by Gasteiger charge is -2.11. The molecule has 128 valence electrons. The molecule has 3 rings (SSSR count). The number of carbonyl (C=O) groups excluding carboxylic acids is 2. The highest BCUT2D eigenvalue weighted by Gasteiger charge is 2.23. The van der Waals surface area contributed by atoms with E-state index in [1.165, 1.54) is 12.1 Å². The van der Waals surface area contributed by atoms with Gasteiger partial charge in [-0.1, -0.05) is 12.1 Å². The zero-order valence-corrected chi connectivity index (χ0v) is 15.8. The van der Waals surface area contributed by atoms with Gasteiger partial charge in [0.15, 0.2) is 0 Å². The van der Waals surface area contributed by atoms with E-state index in [1.807, 2.05) is 0 Å². The Balaban J connectivity index is 1.80. The fraction of sp³-hybridized carbons (Fsp3) is 0.0588. The Morgan fingerprint density at radius 3 is 2.40 bits per heavy atom. The molecule has 1 saturated heterocycles. The van der Waals surface area contributed by atoms with Crippen LogP contribution in [0.4, 0.5) is 9.18 Å². The highest BCUT2D eigenvalue weighted by Crippen LogP contribution is 2.36. The maximum Gasteiger partial charge on any atom is 0.326 e. The van der Waals surface area contributed by atoms with Gasteiger partial charge in [-0.2, -0.15) is 0 Å². The molecule has 8 heteroatoms. The monoisotopic (exact) mass is 468 g/mol. The fourth-order valence-electron chi connectivity index (χ4n) is 2.23. The summed E-state index contributed by atoms with van der Waals surface area (Å²) in [6.45, 7) is 0.202. The van der Waals surface area contributed by atoms with E-state index in [1.54, 1.807) is 30.3 Å². The summed E-state index contributed by atoms with van der Waals surface area (Å²) >= 11 is 6.83. The van der Waals surface area contributed by atoms with Crippen LogP contribution >= 0.6 is 31.9 Å². The van der Waals surface area contributed by atoms with Crippen molar-refractivity contribution in [2.45, 2.75) is 6.61 Å². The van der Waals surface area contributed by atoms with E-state index in [4.69, 9.17) is 4.74 Å².